The molecule has 0 saturated carbocycles. The lowest BCUT2D eigenvalue weighted by molar-refractivity contribution is -0.143. The summed E-state index contributed by atoms with van der Waals surface area (Å²) < 4.78 is 15.6. The summed E-state index contributed by atoms with van der Waals surface area (Å²) in [4.78, 5) is 49.9. The molecule has 9 nitrogen and oxygen atoms in total. The number of carbonyl (C=O) groups is 4. The maximum absolute atomic E-state index is 12.7. The standard InChI is InChI=1S/C23H24N2O7S/c1-3-31-22(28)20-16(13-32-19(27)11-10-17(26)18-5-4-12-33-18)24-23(29)25-21(20)14-6-8-15(30-2)9-7-14/h4-9,12,21H,3,10-11,13H2,1-2H3,(H2,24,25,29). The summed E-state index contributed by atoms with van der Waals surface area (Å²) in [6.45, 7) is 1.45. The van der Waals surface area contributed by atoms with E-state index in [-0.39, 0.29) is 43.1 Å². The number of Topliss-reactive ketones (excluding diaryl/α,β-unsaturated/α-hetero) is 1. The minimum absolute atomic E-state index is 0.00547. The van der Waals surface area contributed by atoms with Crippen LogP contribution in [0.1, 0.15) is 41.0 Å². The normalized spacial score (nSPS) is 15.3. The van der Waals surface area contributed by atoms with Gasteiger partial charge in [-0.25, -0.2) is 9.59 Å². The number of thiophene rings is 1. The molecule has 10 heteroatoms. The average Bonchev–Trinajstić information content (AvgIpc) is 3.36. The zero-order valence-corrected chi connectivity index (χ0v) is 19.0. The number of hydrogen-bond donors (Lipinski definition) is 2. The van der Waals surface area contributed by atoms with Gasteiger partial charge in [0.15, 0.2) is 5.78 Å². The van der Waals surface area contributed by atoms with E-state index in [0.717, 1.165) is 0 Å². The van der Waals surface area contributed by atoms with Crippen molar-refractivity contribution in [2.24, 2.45) is 0 Å². The van der Waals surface area contributed by atoms with Crippen molar-refractivity contribution in [2.45, 2.75) is 25.8 Å². The summed E-state index contributed by atoms with van der Waals surface area (Å²) in [5.41, 5.74) is 0.874. The number of ether oxygens (including phenoxy) is 3. The second kappa shape index (κ2) is 11.3. The second-order valence-electron chi connectivity index (χ2n) is 6.98. The fraction of sp³-hybridized carbons (Fsp3) is 0.304. The Hall–Kier alpha value is -3.66. The van der Waals surface area contributed by atoms with Crippen LogP contribution in [0.25, 0.3) is 0 Å². The van der Waals surface area contributed by atoms with E-state index in [1.807, 2.05) is 0 Å². The molecule has 0 saturated heterocycles. The van der Waals surface area contributed by atoms with Crippen molar-refractivity contribution in [3.05, 3.63) is 63.5 Å². The molecule has 0 bridgehead atoms. The number of benzene rings is 1. The molecule has 1 aliphatic heterocycles. The Balaban J connectivity index is 1.75. The van der Waals surface area contributed by atoms with E-state index in [4.69, 9.17) is 14.2 Å². The molecule has 174 valence electrons. The van der Waals surface area contributed by atoms with Crippen molar-refractivity contribution in [3.63, 3.8) is 0 Å². The lowest BCUT2D eigenvalue weighted by atomic mass is 9.95. The summed E-state index contributed by atoms with van der Waals surface area (Å²) in [7, 11) is 1.53. The van der Waals surface area contributed by atoms with Gasteiger partial charge in [-0.15, -0.1) is 11.3 Å². The van der Waals surface area contributed by atoms with Crippen LogP contribution >= 0.6 is 11.3 Å². The van der Waals surface area contributed by atoms with Crippen LogP contribution in [0.15, 0.2) is 53.0 Å². The highest BCUT2D eigenvalue weighted by molar-refractivity contribution is 7.12. The summed E-state index contributed by atoms with van der Waals surface area (Å²) in [5, 5.41) is 7.02. The predicted octanol–water partition coefficient (Wildman–Crippen LogP) is 3.13. The van der Waals surface area contributed by atoms with E-state index >= 15 is 0 Å². The average molecular weight is 473 g/mol. The minimum Gasteiger partial charge on any atom is -0.497 e. The van der Waals surface area contributed by atoms with Gasteiger partial charge in [-0.1, -0.05) is 18.2 Å². The van der Waals surface area contributed by atoms with Crippen LogP contribution in [-0.4, -0.2) is 44.1 Å². The number of methoxy groups -OCH3 is 1. The molecular weight excluding hydrogens is 448 g/mol. The van der Waals surface area contributed by atoms with Gasteiger partial charge >= 0.3 is 18.0 Å². The largest absolute Gasteiger partial charge is 0.497 e. The minimum atomic E-state index is -0.808. The van der Waals surface area contributed by atoms with Crippen LogP contribution in [0.3, 0.4) is 0 Å². The van der Waals surface area contributed by atoms with Gasteiger partial charge in [0.05, 0.1) is 42.3 Å². The molecule has 1 aromatic carbocycles. The number of rotatable bonds is 10. The molecule has 0 fully saturated rings. The van der Waals surface area contributed by atoms with Gasteiger partial charge in [-0.3, -0.25) is 9.59 Å². The predicted molar refractivity (Wildman–Crippen MR) is 120 cm³/mol. The molecule has 1 atom stereocenters. The molecule has 3 rings (SSSR count). The van der Waals surface area contributed by atoms with E-state index < -0.39 is 24.0 Å². The quantitative estimate of drug-likeness (QED) is 0.403. The van der Waals surface area contributed by atoms with Gasteiger partial charge in [0.25, 0.3) is 0 Å². The summed E-state index contributed by atoms with van der Waals surface area (Å²) in [5.74, 6) is -0.802. The maximum Gasteiger partial charge on any atom is 0.338 e. The third-order valence-corrected chi connectivity index (χ3v) is 5.74. The first kappa shape index (κ1) is 24.0. The maximum atomic E-state index is 12.7. The number of carbonyl (C=O) groups excluding carboxylic acids is 4. The first-order valence-corrected chi connectivity index (χ1v) is 11.1. The molecular formula is C23H24N2O7S. The van der Waals surface area contributed by atoms with E-state index in [2.05, 4.69) is 10.6 Å². The number of ketones is 1. The first-order valence-electron chi connectivity index (χ1n) is 10.3. The van der Waals surface area contributed by atoms with E-state index in [1.165, 1.54) is 18.4 Å². The molecule has 1 aliphatic rings. The summed E-state index contributed by atoms with van der Waals surface area (Å²) >= 11 is 1.30. The fourth-order valence-electron chi connectivity index (χ4n) is 3.23. The Bertz CT molecular complexity index is 1050. The van der Waals surface area contributed by atoms with Gasteiger partial charge in [-0.2, -0.15) is 0 Å². The monoisotopic (exact) mass is 472 g/mol. The lowest BCUT2D eigenvalue weighted by Crippen LogP contribution is -2.47. The Morgan fingerprint density at radius 2 is 1.82 bits per heavy atom. The summed E-state index contributed by atoms with van der Waals surface area (Å²) in [6.07, 6.45) is -0.113. The first-order chi connectivity index (χ1) is 15.9. The number of hydrogen-bond acceptors (Lipinski definition) is 8. The molecule has 2 N–H and O–H groups in total. The Morgan fingerprint density at radius 3 is 2.45 bits per heavy atom. The highest BCUT2D eigenvalue weighted by Crippen LogP contribution is 2.29. The lowest BCUT2D eigenvalue weighted by Gasteiger charge is -2.29. The highest BCUT2D eigenvalue weighted by atomic mass is 32.1. The van der Waals surface area contributed by atoms with Crippen LogP contribution in [0.2, 0.25) is 0 Å². The fourth-order valence-corrected chi connectivity index (χ4v) is 3.92. The molecule has 2 amide bonds. The van der Waals surface area contributed by atoms with Crippen molar-refractivity contribution >= 4 is 35.1 Å². The Morgan fingerprint density at radius 1 is 1.06 bits per heavy atom. The van der Waals surface area contributed by atoms with Crippen molar-refractivity contribution < 1.29 is 33.4 Å². The van der Waals surface area contributed by atoms with E-state index in [1.54, 1.807) is 48.7 Å². The van der Waals surface area contributed by atoms with E-state index in [0.29, 0.717) is 16.2 Å². The highest BCUT2D eigenvalue weighted by Gasteiger charge is 2.34. The van der Waals surface area contributed by atoms with Crippen LogP contribution < -0.4 is 15.4 Å². The zero-order valence-electron chi connectivity index (χ0n) is 18.2. The third kappa shape index (κ3) is 6.19. The Labute approximate surface area is 194 Å². The summed E-state index contributed by atoms with van der Waals surface area (Å²) in [6, 6.07) is 8.94. The second-order valence-corrected chi connectivity index (χ2v) is 7.93. The van der Waals surface area contributed by atoms with Gasteiger partial charge in [0.2, 0.25) is 0 Å². The van der Waals surface area contributed by atoms with Gasteiger partial charge in [-0.05, 0) is 36.1 Å². The molecule has 1 aromatic heterocycles. The molecule has 1 unspecified atom stereocenters. The van der Waals surface area contributed by atoms with Gasteiger partial charge < -0.3 is 24.8 Å². The van der Waals surface area contributed by atoms with Crippen LogP contribution in [0, 0.1) is 0 Å². The van der Waals surface area contributed by atoms with Gasteiger partial charge in [0.1, 0.15) is 12.4 Å². The van der Waals surface area contributed by atoms with Crippen molar-refractivity contribution in [3.8, 4) is 5.75 Å². The topological polar surface area (TPSA) is 120 Å². The number of urea groups is 1. The van der Waals surface area contributed by atoms with Crippen molar-refractivity contribution in [2.75, 3.05) is 20.3 Å². The Kier molecular flexibility index (Phi) is 8.20. The number of nitrogens with one attached hydrogen (secondary N) is 2. The molecule has 2 aromatic rings. The molecule has 0 aliphatic carbocycles. The molecule has 0 radical (unpaired) electrons. The van der Waals surface area contributed by atoms with E-state index in [9.17, 15) is 19.2 Å². The molecule has 33 heavy (non-hydrogen) atoms. The number of amides is 2. The van der Waals surface area contributed by atoms with Crippen molar-refractivity contribution in [1.29, 1.82) is 0 Å². The van der Waals surface area contributed by atoms with Gasteiger partial charge in [0, 0.05) is 6.42 Å². The van der Waals surface area contributed by atoms with Crippen LogP contribution in [-0.2, 0) is 19.1 Å². The molecule has 0 spiro atoms. The smallest absolute Gasteiger partial charge is 0.338 e. The van der Waals surface area contributed by atoms with Crippen molar-refractivity contribution in [1.82, 2.24) is 10.6 Å². The van der Waals surface area contributed by atoms with Crippen LogP contribution in [0.5, 0.6) is 5.75 Å². The number of esters is 2. The third-order valence-electron chi connectivity index (χ3n) is 4.83. The van der Waals surface area contributed by atoms with Crippen LogP contribution in [0.4, 0.5) is 4.79 Å². The zero-order chi connectivity index (χ0) is 23.8. The molecule has 2 heterocycles. The SMILES string of the molecule is CCOC(=O)C1=C(COC(=O)CCC(=O)c2cccs2)NC(=O)NC1c1ccc(OC)cc1.